The standard InChI is InChI=1S/C18H21F/c19-17-3-1-13(2-4-17)5-6-18-10-14-7-15(11-18)9-16(8-14)12-18/h1-6,14-16H,7-12H2/b6-5-. The van der Waals surface area contributed by atoms with Gasteiger partial charge >= 0.3 is 0 Å². The van der Waals surface area contributed by atoms with Crippen molar-refractivity contribution < 1.29 is 4.39 Å². The highest BCUT2D eigenvalue weighted by atomic mass is 19.1. The largest absolute Gasteiger partial charge is 0.207 e. The summed E-state index contributed by atoms with van der Waals surface area (Å²) in [5.41, 5.74) is 1.61. The van der Waals surface area contributed by atoms with Gasteiger partial charge in [0.2, 0.25) is 0 Å². The van der Waals surface area contributed by atoms with Crippen LogP contribution in [0, 0.1) is 29.0 Å². The lowest BCUT2D eigenvalue weighted by atomic mass is 9.49. The van der Waals surface area contributed by atoms with Crippen molar-refractivity contribution >= 4 is 6.08 Å². The van der Waals surface area contributed by atoms with Crippen LogP contribution >= 0.6 is 0 Å². The van der Waals surface area contributed by atoms with Crippen molar-refractivity contribution in [3.63, 3.8) is 0 Å². The second-order valence-corrected chi connectivity index (χ2v) is 7.16. The first-order valence-electron chi connectivity index (χ1n) is 7.66. The molecule has 0 radical (unpaired) electrons. The second kappa shape index (κ2) is 4.19. The first-order chi connectivity index (χ1) is 9.21. The predicted octanol–water partition coefficient (Wildman–Crippen LogP) is 5.06. The van der Waals surface area contributed by atoms with Crippen molar-refractivity contribution in [3.05, 3.63) is 41.7 Å². The fourth-order valence-electron chi connectivity index (χ4n) is 5.23. The Morgan fingerprint density at radius 1 is 0.895 bits per heavy atom. The molecule has 0 saturated heterocycles. The Labute approximate surface area is 114 Å². The first-order valence-corrected chi connectivity index (χ1v) is 7.66. The van der Waals surface area contributed by atoms with Gasteiger partial charge in [-0.05, 0) is 79.4 Å². The van der Waals surface area contributed by atoms with E-state index in [4.69, 9.17) is 0 Å². The van der Waals surface area contributed by atoms with Gasteiger partial charge in [-0.2, -0.15) is 0 Å². The molecule has 4 saturated carbocycles. The van der Waals surface area contributed by atoms with E-state index in [1.54, 1.807) is 12.1 Å². The molecule has 0 amide bonds. The van der Waals surface area contributed by atoms with Crippen LogP contribution in [0.5, 0.6) is 0 Å². The molecule has 100 valence electrons. The molecular weight excluding hydrogens is 235 g/mol. The average Bonchev–Trinajstić information content (AvgIpc) is 2.36. The smallest absolute Gasteiger partial charge is 0.123 e. The highest BCUT2D eigenvalue weighted by Crippen LogP contribution is 2.60. The molecule has 1 aromatic rings. The third kappa shape index (κ3) is 2.13. The summed E-state index contributed by atoms with van der Waals surface area (Å²) >= 11 is 0. The summed E-state index contributed by atoms with van der Waals surface area (Å²) in [6.07, 6.45) is 13.4. The minimum absolute atomic E-state index is 0.146. The lowest BCUT2D eigenvalue weighted by Gasteiger charge is -2.55. The molecule has 0 nitrogen and oxygen atoms in total. The van der Waals surface area contributed by atoms with Crippen LogP contribution in [0.15, 0.2) is 30.3 Å². The lowest BCUT2D eigenvalue weighted by Crippen LogP contribution is -2.44. The van der Waals surface area contributed by atoms with Crippen LogP contribution in [0.4, 0.5) is 4.39 Å². The van der Waals surface area contributed by atoms with Gasteiger partial charge in [0.15, 0.2) is 0 Å². The maximum atomic E-state index is 12.9. The van der Waals surface area contributed by atoms with Crippen molar-refractivity contribution in [3.8, 4) is 0 Å². The van der Waals surface area contributed by atoms with Crippen LogP contribution in [0.3, 0.4) is 0 Å². The minimum Gasteiger partial charge on any atom is -0.207 e. The molecular formula is C18H21F. The molecule has 5 rings (SSSR count). The molecule has 4 fully saturated rings. The van der Waals surface area contributed by atoms with E-state index in [0.717, 1.165) is 23.3 Å². The molecule has 0 aliphatic heterocycles. The van der Waals surface area contributed by atoms with E-state index in [1.165, 1.54) is 38.5 Å². The van der Waals surface area contributed by atoms with E-state index in [-0.39, 0.29) is 5.82 Å². The second-order valence-electron chi connectivity index (χ2n) is 7.16. The molecule has 0 unspecified atom stereocenters. The third-order valence-electron chi connectivity index (χ3n) is 5.58. The number of hydrogen-bond donors (Lipinski definition) is 0. The molecule has 1 heteroatoms. The zero-order valence-electron chi connectivity index (χ0n) is 11.3. The molecule has 0 atom stereocenters. The van der Waals surface area contributed by atoms with E-state index in [9.17, 15) is 4.39 Å². The van der Waals surface area contributed by atoms with Gasteiger partial charge in [-0.25, -0.2) is 4.39 Å². The Hall–Kier alpha value is -1.11. The van der Waals surface area contributed by atoms with Crippen LogP contribution in [0.2, 0.25) is 0 Å². The summed E-state index contributed by atoms with van der Waals surface area (Å²) in [6.45, 7) is 0. The monoisotopic (exact) mass is 256 g/mol. The zero-order valence-corrected chi connectivity index (χ0v) is 11.3. The van der Waals surface area contributed by atoms with Gasteiger partial charge < -0.3 is 0 Å². The van der Waals surface area contributed by atoms with E-state index in [2.05, 4.69) is 12.2 Å². The molecule has 4 aliphatic carbocycles. The number of allylic oxidation sites excluding steroid dienone is 1. The van der Waals surface area contributed by atoms with Crippen molar-refractivity contribution in [2.24, 2.45) is 23.2 Å². The molecule has 0 spiro atoms. The van der Waals surface area contributed by atoms with E-state index in [0.29, 0.717) is 5.41 Å². The van der Waals surface area contributed by atoms with Crippen molar-refractivity contribution in [2.45, 2.75) is 38.5 Å². The fraction of sp³-hybridized carbons (Fsp3) is 0.556. The van der Waals surface area contributed by atoms with Crippen molar-refractivity contribution in [1.29, 1.82) is 0 Å². The Balaban J connectivity index is 1.57. The molecule has 4 aliphatic rings. The van der Waals surface area contributed by atoms with Crippen LogP contribution in [-0.2, 0) is 0 Å². The highest BCUT2D eigenvalue weighted by molar-refractivity contribution is 5.50. The van der Waals surface area contributed by atoms with Gasteiger partial charge in [0.25, 0.3) is 0 Å². The summed E-state index contributed by atoms with van der Waals surface area (Å²) in [4.78, 5) is 0. The molecule has 4 bridgehead atoms. The van der Waals surface area contributed by atoms with Gasteiger partial charge in [-0.15, -0.1) is 0 Å². The van der Waals surface area contributed by atoms with Gasteiger partial charge in [0, 0.05) is 0 Å². The topological polar surface area (TPSA) is 0 Å². The number of halogens is 1. The lowest BCUT2D eigenvalue weighted by molar-refractivity contribution is -0.0232. The van der Waals surface area contributed by atoms with Crippen LogP contribution in [0.25, 0.3) is 6.08 Å². The third-order valence-corrected chi connectivity index (χ3v) is 5.58. The van der Waals surface area contributed by atoms with Gasteiger partial charge in [0.05, 0.1) is 0 Å². The summed E-state index contributed by atoms with van der Waals surface area (Å²) in [5, 5.41) is 0. The molecule has 0 aromatic heterocycles. The predicted molar refractivity (Wildman–Crippen MR) is 76.0 cm³/mol. The van der Waals surface area contributed by atoms with Crippen molar-refractivity contribution in [2.75, 3.05) is 0 Å². The summed E-state index contributed by atoms with van der Waals surface area (Å²) in [6, 6.07) is 6.87. The normalized spacial score (nSPS) is 40.2. The summed E-state index contributed by atoms with van der Waals surface area (Å²) < 4.78 is 12.9. The Morgan fingerprint density at radius 3 is 1.95 bits per heavy atom. The van der Waals surface area contributed by atoms with E-state index >= 15 is 0 Å². The van der Waals surface area contributed by atoms with Crippen LogP contribution < -0.4 is 0 Å². The maximum Gasteiger partial charge on any atom is 0.123 e. The molecule has 1 aromatic carbocycles. The number of hydrogen-bond acceptors (Lipinski definition) is 0. The Bertz CT molecular complexity index is 462. The average molecular weight is 256 g/mol. The maximum absolute atomic E-state index is 12.9. The quantitative estimate of drug-likeness (QED) is 0.694. The molecule has 0 N–H and O–H groups in total. The summed E-state index contributed by atoms with van der Waals surface area (Å²) in [5.74, 6) is 2.82. The van der Waals surface area contributed by atoms with E-state index < -0.39 is 0 Å². The highest BCUT2D eigenvalue weighted by Gasteiger charge is 2.49. The Morgan fingerprint density at radius 2 is 1.42 bits per heavy atom. The van der Waals surface area contributed by atoms with Crippen molar-refractivity contribution in [1.82, 2.24) is 0 Å². The number of benzene rings is 1. The van der Waals surface area contributed by atoms with Crippen LogP contribution in [-0.4, -0.2) is 0 Å². The molecule has 0 heterocycles. The fourth-order valence-corrected chi connectivity index (χ4v) is 5.23. The number of rotatable bonds is 2. The summed E-state index contributed by atoms with van der Waals surface area (Å²) in [7, 11) is 0. The molecule has 19 heavy (non-hydrogen) atoms. The minimum atomic E-state index is -0.146. The van der Waals surface area contributed by atoms with Crippen LogP contribution in [0.1, 0.15) is 44.1 Å². The van der Waals surface area contributed by atoms with Gasteiger partial charge in [-0.1, -0.05) is 24.3 Å². The van der Waals surface area contributed by atoms with E-state index in [1.807, 2.05) is 12.1 Å². The SMILES string of the molecule is Fc1ccc(/C=C\C23CC4CC(CC(C4)C2)C3)cc1. The zero-order chi connectivity index (χ0) is 12.9. The Kier molecular flexibility index (Phi) is 2.58. The van der Waals surface area contributed by atoms with Gasteiger partial charge in [0.1, 0.15) is 5.82 Å². The van der Waals surface area contributed by atoms with Gasteiger partial charge in [-0.3, -0.25) is 0 Å². The first kappa shape index (κ1) is 11.7.